The van der Waals surface area contributed by atoms with Crippen LogP contribution in [0.4, 0.5) is 0 Å². The first kappa shape index (κ1) is 15.4. The molecule has 1 aromatic carbocycles. The van der Waals surface area contributed by atoms with Crippen molar-refractivity contribution in [2.24, 2.45) is 0 Å². The molecule has 0 aliphatic carbocycles. The molecule has 1 amide bonds. The fourth-order valence-electron chi connectivity index (χ4n) is 2.45. The number of carbonyl (C=O) groups is 1. The van der Waals surface area contributed by atoms with Crippen LogP contribution in [-0.2, 0) is 4.79 Å². The summed E-state index contributed by atoms with van der Waals surface area (Å²) in [6, 6.07) is 5.67. The Morgan fingerprint density at radius 2 is 2.00 bits per heavy atom. The fraction of sp³-hybridized carbons (Fsp3) is 0.471. The van der Waals surface area contributed by atoms with Crippen LogP contribution in [0.5, 0.6) is 11.5 Å². The molecule has 0 saturated carbocycles. The molecule has 4 nitrogen and oxygen atoms in total. The van der Waals surface area contributed by atoms with E-state index in [0.29, 0.717) is 12.4 Å². The zero-order valence-electron chi connectivity index (χ0n) is 12.8. The number of hydrogen-bond donors (Lipinski definition) is 0. The Morgan fingerprint density at radius 3 is 2.67 bits per heavy atom. The summed E-state index contributed by atoms with van der Waals surface area (Å²) in [6.45, 7) is 4.27. The number of benzene rings is 1. The lowest BCUT2D eigenvalue weighted by Gasteiger charge is -2.25. The number of amides is 1. The molecule has 0 aromatic heterocycles. The average molecular weight is 289 g/mol. The standard InChI is InChI=1S/C17H23NO3/c1-3-21-15-9-7-14(13-16(15)20-2)8-10-17(19)18-11-5-4-6-12-18/h7-10,13H,3-6,11-12H2,1-2H3/b10-8+. The zero-order valence-corrected chi connectivity index (χ0v) is 12.8. The quantitative estimate of drug-likeness (QED) is 0.782. The van der Waals surface area contributed by atoms with Gasteiger partial charge in [-0.1, -0.05) is 6.07 Å². The fourth-order valence-corrected chi connectivity index (χ4v) is 2.45. The van der Waals surface area contributed by atoms with Crippen LogP contribution in [0, 0.1) is 0 Å². The van der Waals surface area contributed by atoms with Gasteiger partial charge in [0.25, 0.3) is 0 Å². The number of piperidine rings is 1. The molecule has 1 aromatic rings. The van der Waals surface area contributed by atoms with Gasteiger partial charge < -0.3 is 14.4 Å². The third kappa shape index (κ3) is 4.25. The SMILES string of the molecule is CCOc1ccc(/C=C/C(=O)N2CCCCC2)cc1OC. The van der Waals surface area contributed by atoms with Crippen LogP contribution in [-0.4, -0.2) is 37.6 Å². The summed E-state index contributed by atoms with van der Waals surface area (Å²) < 4.78 is 10.8. The summed E-state index contributed by atoms with van der Waals surface area (Å²) >= 11 is 0. The Hall–Kier alpha value is -1.97. The van der Waals surface area contributed by atoms with Crippen molar-refractivity contribution in [2.75, 3.05) is 26.8 Å². The van der Waals surface area contributed by atoms with Gasteiger partial charge in [0.2, 0.25) is 5.91 Å². The predicted octanol–water partition coefficient (Wildman–Crippen LogP) is 3.12. The number of likely N-dealkylation sites (tertiary alicyclic amines) is 1. The van der Waals surface area contributed by atoms with Gasteiger partial charge in [0.05, 0.1) is 13.7 Å². The van der Waals surface area contributed by atoms with Gasteiger partial charge >= 0.3 is 0 Å². The second-order valence-electron chi connectivity index (χ2n) is 5.06. The van der Waals surface area contributed by atoms with E-state index < -0.39 is 0 Å². The minimum atomic E-state index is 0.0857. The molecule has 0 spiro atoms. The van der Waals surface area contributed by atoms with Gasteiger partial charge in [-0.15, -0.1) is 0 Å². The van der Waals surface area contributed by atoms with Crippen molar-refractivity contribution >= 4 is 12.0 Å². The Kier molecular flexibility index (Phi) is 5.67. The van der Waals surface area contributed by atoms with Crippen LogP contribution in [0.2, 0.25) is 0 Å². The van der Waals surface area contributed by atoms with Gasteiger partial charge in [-0.05, 0) is 50.0 Å². The maximum atomic E-state index is 12.1. The highest BCUT2D eigenvalue weighted by atomic mass is 16.5. The van der Waals surface area contributed by atoms with Gasteiger partial charge in [-0.3, -0.25) is 4.79 Å². The lowest BCUT2D eigenvalue weighted by Crippen LogP contribution is -2.34. The van der Waals surface area contributed by atoms with E-state index in [1.807, 2.05) is 36.1 Å². The number of carbonyl (C=O) groups excluding carboxylic acids is 1. The minimum Gasteiger partial charge on any atom is -0.493 e. The molecule has 21 heavy (non-hydrogen) atoms. The smallest absolute Gasteiger partial charge is 0.246 e. The summed E-state index contributed by atoms with van der Waals surface area (Å²) in [4.78, 5) is 14.0. The highest BCUT2D eigenvalue weighted by molar-refractivity contribution is 5.91. The summed E-state index contributed by atoms with van der Waals surface area (Å²) in [5.41, 5.74) is 0.931. The first-order valence-electron chi connectivity index (χ1n) is 7.52. The van der Waals surface area contributed by atoms with Gasteiger partial charge in [0.15, 0.2) is 11.5 Å². The maximum Gasteiger partial charge on any atom is 0.246 e. The molecule has 1 fully saturated rings. The van der Waals surface area contributed by atoms with Crippen molar-refractivity contribution in [3.63, 3.8) is 0 Å². The molecule has 0 N–H and O–H groups in total. The van der Waals surface area contributed by atoms with Gasteiger partial charge in [0, 0.05) is 19.2 Å². The second kappa shape index (κ2) is 7.72. The van der Waals surface area contributed by atoms with E-state index in [-0.39, 0.29) is 5.91 Å². The van der Waals surface area contributed by atoms with E-state index in [0.717, 1.165) is 37.2 Å². The number of methoxy groups -OCH3 is 1. The molecule has 0 bridgehead atoms. The Balaban J connectivity index is 2.04. The van der Waals surface area contributed by atoms with E-state index in [9.17, 15) is 4.79 Å². The van der Waals surface area contributed by atoms with Crippen LogP contribution in [0.25, 0.3) is 6.08 Å². The highest BCUT2D eigenvalue weighted by Crippen LogP contribution is 2.28. The van der Waals surface area contributed by atoms with Crippen molar-refractivity contribution < 1.29 is 14.3 Å². The van der Waals surface area contributed by atoms with Crippen LogP contribution in [0.3, 0.4) is 0 Å². The highest BCUT2D eigenvalue weighted by Gasteiger charge is 2.13. The van der Waals surface area contributed by atoms with Crippen molar-refractivity contribution in [1.29, 1.82) is 0 Å². The number of ether oxygens (including phenoxy) is 2. The van der Waals surface area contributed by atoms with Gasteiger partial charge in [-0.25, -0.2) is 0 Å². The number of nitrogens with zero attached hydrogens (tertiary/aromatic N) is 1. The molecule has 1 heterocycles. The van der Waals surface area contributed by atoms with Crippen molar-refractivity contribution in [3.8, 4) is 11.5 Å². The number of rotatable bonds is 5. The third-order valence-corrected chi connectivity index (χ3v) is 3.57. The first-order chi connectivity index (χ1) is 10.2. The normalized spacial score (nSPS) is 15.2. The van der Waals surface area contributed by atoms with Crippen molar-refractivity contribution in [1.82, 2.24) is 4.90 Å². The molecule has 2 rings (SSSR count). The lowest BCUT2D eigenvalue weighted by atomic mass is 10.1. The van der Waals surface area contributed by atoms with Crippen LogP contribution < -0.4 is 9.47 Å². The molecule has 0 unspecified atom stereocenters. The largest absolute Gasteiger partial charge is 0.493 e. The Morgan fingerprint density at radius 1 is 1.24 bits per heavy atom. The first-order valence-corrected chi connectivity index (χ1v) is 7.52. The molecule has 0 atom stereocenters. The zero-order chi connectivity index (χ0) is 15.1. The summed E-state index contributed by atoms with van der Waals surface area (Å²) in [7, 11) is 1.62. The maximum absolute atomic E-state index is 12.1. The second-order valence-corrected chi connectivity index (χ2v) is 5.06. The number of hydrogen-bond acceptors (Lipinski definition) is 3. The molecule has 114 valence electrons. The molecule has 1 aliphatic rings. The van der Waals surface area contributed by atoms with Crippen LogP contribution in [0.15, 0.2) is 24.3 Å². The average Bonchev–Trinajstić information content (AvgIpc) is 2.54. The molecule has 4 heteroatoms. The minimum absolute atomic E-state index is 0.0857. The molecule has 0 radical (unpaired) electrons. The third-order valence-electron chi connectivity index (χ3n) is 3.57. The summed E-state index contributed by atoms with van der Waals surface area (Å²) in [6.07, 6.45) is 6.91. The molecule has 1 saturated heterocycles. The van der Waals surface area contributed by atoms with Crippen molar-refractivity contribution in [3.05, 3.63) is 29.8 Å². The van der Waals surface area contributed by atoms with E-state index in [4.69, 9.17) is 9.47 Å². The predicted molar refractivity (Wildman–Crippen MR) is 83.6 cm³/mol. The van der Waals surface area contributed by atoms with Gasteiger partial charge in [0.1, 0.15) is 0 Å². The monoisotopic (exact) mass is 289 g/mol. The lowest BCUT2D eigenvalue weighted by molar-refractivity contribution is -0.126. The molecular weight excluding hydrogens is 266 g/mol. The van der Waals surface area contributed by atoms with Crippen molar-refractivity contribution in [2.45, 2.75) is 26.2 Å². The van der Waals surface area contributed by atoms with Gasteiger partial charge in [-0.2, -0.15) is 0 Å². The Bertz CT molecular complexity index is 505. The molecular formula is C17H23NO3. The summed E-state index contributed by atoms with van der Waals surface area (Å²) in [5.74, 6) is 1.49. The molecule has 1 aliphatic heterocycles. The summed E-state index contributed by atoms with van der Waals surface area (Å²) in [5, 5.41) is 0. The van der Waals surface area contributed by atoms with Crippen LogP contribution >= 0.6 is 0 Å². The van der Waals surface area contributed by atoms with Crippen LogP contribution in [0.1, 0.15) is 31.7 Å². The van der Waals surface area contributed by atoms with E-state index in [2.05, 4.69) is 0 Å². The topological polar surface area (TPSA) is 38.8 Å². The Labute approximate surface area is 126 Å². The van der Waals surface area contributed by atoms with E-state index in [1.165, 1.54) is 6.42 Å². The van der Waals surface area contributed by atoms with E-state index >= 15 is 0 Å². The van der Waals surface area contributed by atoms with E-state index in [1.54, 1.807) is 13.2 Å².